The molecule has 0 saturated heterocycles. The predicted octanol–water partition coefficient (Wildman–Crippen LogP) is 3.43. The molecular weight excluding hydrogens is 294 g/mol. The first-order chi connectivity index (χ1) is 7.43. The molecule has 8 heteroatoms. The molecule has 2 heterocycles. The molecule has 4 nitrogen and oxygen atoms in total. The maximum absolute atomic E-state index is 5.91. The lowest BCUT2D eigenvalue weighted by Gasteiger charge is -2.02. The molecule has 0 aliphatic heterocycles. The van der Waals surface area contributed by atoms with Gasteiger partial charge in [0.15, 0.2) is 22.0 Å². The van der Waals surface area contributed by atoms with Crippen LogP contribution in [0.1, 0.15) is 0 Å². The van der Waals surface area contributed by atoms with Crippen molar-refractivity contribution >= 4 is 46.4 Å². The van der Waals surface area contributed by atoms with Gasteiger partial charge in [-0.3, -0.25) is 0 Å². The summed E-state index contributed by atoms with van der Waals surface area (Å²) in [6.45, 7) is 0. The second-order valence-electron chi connectivity index (χ2n) is 3.15. The molecule has 2 aromatic heterocycles. The van der Waals surface area contributed by atoms with Crippen molar-refractivity contribution in [3.8, 4) is 11.6 Å². The molecule has 86 valence electrons. The smallest absolute Gasteiger partial charge is 0.178 e. The van der Waals surface area contributed by atoms with E-state index in [1.165, 1.54) is 0 Å². The monoisotopic (exact) mass is 298 g/mol. The van der Waals surface area contributed by atoms with Gasteiger partial charge >= 0.3 is 0 Å². The lowest BCUT2D eigenvalue weighted by Crippen LogP contribution is -1.99. The van der Waals surface area contributed by atoms with Crippen molar-refractivity contribution in [3.05, 3.63) is 20.6 Å². The van der Waals surface area contributed by atoms with Crippen LogP contribution < -0.4 is 0 Å². The van der Waals surface area contributed by atoms with Gasteiger partial charge in [0.1, 0.15) is 10.3 Å². The molecule has 2 aromatic rings. The van der Waals surface area contributed by atoms with Gasteiger partial charge in [-0.2, -0.15) is 0 Å². The van der Waals surface area contributed by atoms with Gasteiger partial charge in [-0.05, 0) is 0 Å². The lowest BCUT2D eigenvalue weighted by molar-refractivity contribution is 0.861. The fourth-order valence-electron chi connectivity index (χ4n) is 1.29. The summed E-state index contributed by atoms with van der Waals surface area (Å²) in [5.74, 6) is 1.01. The van der Waals surface area contributed by atoms with Crippen LogP contribution in [0.4, 0.5) is 0 Å². The van der Waals surface area contributed by atoms with Crippen LogP contribution in [0.3, 0.4) is 0 Å². The van der Waals surface area contributed by atoms with Crippen molar-refractivity contribution in [3.63, 3.8) is 0 Å². The molecule has 0 bridgehead atoms. The van der Waals surface area contributed by atoms with E-state index in [1.807, 2.05) is 0 Å². The van der Waals surface area contributed by atoms with E-state index in [9.17, 15) is 0 Å². The van der Waals surface area contributed by atoms with Gasteiger partial charge in [0, 0.05) is 14.1 Å². The maximum atomic E-state index is 5.91. The van der Waals surface area contributed by atoms with Crippen LogP contribution in [-0.4, -0.2) is 19.1 Å². The summed E-state index contributed by atoms with van der Waals surface area (Å²) in [6, 6.07) is 0. The molecule has 0 aromatic carbocycles. The molecule has 0 spiro atoms. The molecule has 0 atom stereocenters. The Morgan fingerprint density at radius 1 is 0.750 bits per heavy atom. The normalized spacial score (nSPS) is 11.1. The van der Waals surface area contributed by atoms with Gasteiger partial charge in [0.05, 0.1) is 0 Å². The number of halogens is 4. The van der Waals surface area contributed by atoms with Crippen LogP contribution in [0.15, 0.2) is 0 Å². The van der Waals surface area contributed by atoms with Crippen molar-refractivity contribution in [2.75, 3.05) is 0 Å². The summed E-state index contributed by atoms with van der Waals surface area (Å²) in [4.78, 5) is 8.18. The summed E-state index contributed by atoms with van der Waals surface area (Å²) in [6.07, 6.45) is 0. The van der Waals surface area contributed by atoms with Gasteiger partial charge in [-0.15, -0.1) is 0 Å². The van der Waals surface area contributed by atoms with Gasteiger partial charge in [0.2, 0.25) is 0 Å². The summed E-state index contributed by atoms with van der Waals surface area (Å²) >= 11 is 23.5. The molecule has 0 aliphatic rings. The Morgan fingerprint density at radius 2 is 1.06 bits per heavy atom. The van der Waals surface area contributed by atoms with E-state index in [2.05, 4.69) is 9.97 Å². The third kappa shape index (κ3) is 1.70. The van der Waals surface area contributed by atoms with E-state index in [0.717, 1.165) is 0 Å². The van der Waals surface area contributed by atoms with Crippen LogP contribution in [0.25, 0.3) is 11.6 Å². The summed E-state index contributed by atoms with van der Waals surface area (Å²) in [7, 11) is 3.46. The Hall–Kier alpha value is -0.420. The number of rotatable bonds is 1. The minimum absolute atomic E-state index is 0.217. The number of hydrogen-bond donors (Lipinski definition) is 0. The summed E-state index contributed by atoms with van der Waals surface area (Å²) < 4.78 is 3.22. The van der Waals surface area contributed by atoms with Gasteiger partial charge in [0.25, 0.3) is 0 Å². The van der Waals surface area contributed by atoms with Crippen LogP contribution in [0, 0.1) is 0 Å². The van der Waals surface area contributed by atoms with Crippen LogP contribution in [-0.2, 0) is 14.1 Å². The molecule has 0 saturated carbocycles. The number of aromatic nitrogens is 4. The lowest BCUT2D eigenvalue weighted by atomic mass is 10.5. The van der Waals surface area contributed by atoms with E-state index >= 15 is 0 Å². The first-order valence-corrected chi connectivity index (χ1v) is 5.70. The number of hydrogen-bond acceptors (Lipinski definition) is 2. The van der Waals surface area contributed by atoms with E-state index in [0.29, 0.717) is 22.0 Å². The molecule has 2 rings (SSSR count). The van der Waals surface area contributed by atoms with Crippen molar-refractivity contribution in [2.24, 2.45) is 14.1 Å². The summed E-state index contributed by atoms with van der Waals surface area (Å²) in [5.41, 5.74) is 0. The van der Waals surface area contributed by atoms with Gasteiger partial charge in [-0.1, -0.05) is 46.4 Å². The van der Waals surface area contributed by atoms with Gasteiger partial charge in [-0.25, -0.2) is 9.97 Å². The molecule has 0 amide bonds. The highest BCUT2D eigenvalue weighted by atomic mass is 35.5. The number of nitrogens with zero attached hydrogens (tertiary/aromatic N) is 4. The Labute approximate surface area is 112 Å². The highest BCUT2D eigenvalue weighted by molar-refractivity contribution is 6.41. The molecule has 0 N–H and O–H groups in total. The van der Waals surface area contributed by atoms with Crippen molar-refractivity contribution in [2.45, 2.75) is 0 Å². The minimum atomic E-state index is 0.217. The topological polar surface area (TPSA) is 35.6 Å². The maximum Gasteiger partial charge on any atom is 0.178 e. The minimum Gasteiger partial charge on any atom is -0.314 e. The fourth-order valence-corrected chi connectivity index (χ4v) is 1.95. The quantitative estimate of drug-likeness (QED) is 0.809. The zero-order valence-electron chi connectivity index (χ0n) is 8.30. The second-order valence-corrected chi connectivity index (χ2v) is 4.58. The third-order valence-corrected chi connectivity index (χ3v) is 3.76. The summed E-state index contributed by atoms with van der Waals surface area (Å²) in [5, 5.41) is 1.11. The van der Waals surface area contributed by atoms with E-state index in [1.54, 1.807) is 23.2 Å². The number of imidazole rings is 2. The van der Waals surface area contributed by atoms with Crippen molar-refractivity contribution in [1.29, 1.82) is 0 Å². The standard InChI is InChI=1S/C8H6Cl4N4/c1-15-5(11)3(9)13-7(15)8-14-4(10)6(12)16(8)2/h1-2H3. The molecule has 0 radical (unpaired) electrons. The first kappa shape index (κ1) is 12.0. The van der Waals surface area contributed by atoms with E-state index in [4.69, 9.17) is 46.4 Å². The Morgan fingerprint density at radius 3 is 1.25 bits per heavy atom. The zero-order chi connectivity index (χ0) is 12.0. The Bertz CT molecular complexity index is 507. The molecule has 16 heavy (non-hydrogen) atoms. The molecular formula is C8H6Cl4N4. The fraction of sp³-hybridized carbons (Fsp3) is 0.250. The highest BCUT2D eigenvalue weighted by Gasteiger charge is 2.19. The Kier molecular flexibility index (Phi) is 3.09. The van der Waals surface area contributed by atoms with Crippen LogP contribution in [0.5, 0.6) is 0 Å². The molecule has 0 fully saturated rings. The average molecular weight is 300 g/mol. The molecule has 0 aliphatic carbocycles. The first-order valence-electron chi connectivity index (χ1n) is 4.19. The predicted molar refractivity (Wildman–Crippen MR) is 65.5 cm³/mol. The molecule has 0 unspecified atom stereocenters. The van der Waals surface area contributed by atoms with Crippen LogP contribution in [0.2, 0.25) is 20.6 Å². The van der Waals surface area contributed by atoms with Crippen molar-refractivity contribution in [1.82, 2.24) is 19.1 Å². The largest absolute Gasteiger partial charge is 0.314 e. The van der Waals surface area contributed by atoms with E-state index in [-0.39, 0.29) is 10.3 Å². The Balaban J connectivity index is 2.68. The average Bonchev–Trinajstić information content (AvgIpc) is 2.64. The van der Waals surface area contributed by atoms with E-state index < -0.39 is 0 Å². The van der Waals surface area contributed by atoms with Crippen molar-refractivity contribution < 1.29 is 0 Å². The zero-order valence-corrected chi connectivity index (χ0v) is 11.3. The third-order valence-electron chi connectivity index (χ3n) is 2.17. The van der Waals surface area contributed by atoms with Crippen LogP contribution >= 0.6 is 46.4 Å². The highest BCUT2D eigenvalue weighted by Crippen LogP contribution is 2.31. The van der Waals surface area contributed by atoms with Gasteiger partial charge < -0.3 is 9.13 Å². The SMILES string of the molecule is Cn1c(-c2nc(Cl)c(Cl)n2C)nc(Cl)c1Cl. The second kappa shape index (κ2) is 4.11.